The summed E-state index contributed by atoms with van der Waals surface area (Å²) in [7, 11) is 0. The summed E-state index contributed by atoms with van der Waals surface area (Å²) in [5.41, 5.74) is 3.99. The van der Waals surface area contributed by atoms with Crippen LogP contribution in [0.2, 0.25) is 0 Å². The maximum Gasteiger partial charge on any atom is 0.255 e. The molecule has 0 saturated carbocycles. The number of hydrogen-bond donors (Lipinski definition) is 0. The predicted molar refractivity (Wildman–Crippen MR) is 122 cm³/mol. The zero-order valence-electron chi connectivity index (χ0n) is 18.4. The third-order valence-corrected chi connectivity index (χ3v) is 6.42. The van der Waals surface area contributed by atoms with Crippen molar-refractivity contribution in [2.24, 2.45) is 0 Å². The highest BCUT2D eigenvalue weighted by Crippen LogP contribution is 2.32. The number of hydrogen-bond acceptors (Lipinski definition) is 6. The van der Waals surface area contributed by atoms with E-state index in [0.717, 1.165) is 68.3 Å². The monoisotopic (exact) mass is 428 g/mol. The van der Waals surface area contributed by atoms with Gasteiger partial charge in [0.2, 0.25) is 0 Å². The van der Waals surface area contributed by atoms with E-state index in [4.69, 9.17) is 9.97 Å². The number of aryl methyl sites for hydroxylation is 1. The lowest BCUT2D eigenvalue weighted by Gasteiger charge is -2.34. The molecule has 0 N–H and O–H groups in total. The lowest BCUT2D eigenvalue weighted by atomic mass is 9.95. The maximum atomic E-state index is 13.0. The van der Waals surface area contributed by atoms with E-state index >= 15 is 0 Å². The molecule has 7 nitrogen and oxygen atoms in total. The Morgan fingerprint density at radius 1 is 1.09 bits per heavy atom. The number of carbonyl (C=O) groups excluding carboxylic acids is 1. The molecular formula is C25H28N6O. The van der Waals surface area contributed by atoms with Crippen LogP contribution in [0.5, 0.6) is 0 Å². The number of nitrogens with zero attached hydrogens (tertiary/aromatic N) is 6. The van der Waals surface area contributed by atoms with Crippen molar-refractivity contribution < 1.29 is 4.79 Å². The first-order chi connectivity index (χ1) is 15.7. The molecule has 164 valence electrons. The smallest absolute Gasteiger partial charge is 0.255 e. The van der Waals surface area contributed by atoms with Crippen LogP contribution in [0.1, 0.15) is 58.3 Å². The number of aromatic nitrogens is 4. The van der Waals surface area contributed by atoms with E-state index < -0.39 is 0 Å². The molecule has 1 amide bonds. The Morgan fingerprint density at radius 2 is 2.03 bits per heavy atom. The summed E-state index contributed by atoms with van der Waals surface area (Å²) in [5, 5.41) is 0. The molecule has 0 radical (unpaired) electrons. The number of anilines is 1. The molecule has 3 aromatic heterocycles. The minimum atomic E-state index is 0.0364. The Morgan fingerprint density at radius 3 is 2.84 bits per heavy atom. The van der Waals surface area contributed by atoms with Gasteiger partial charge in [0.15, 0.2) is 0 Å². The third-order valence-electron chi connectivity index (χ3n) is 6.42. The lowest BCUT2D eigenvalue weighted by Crippen LogP contribution is -2.40. The Kier molecular flexibility index (Phi) is 5.79. The SMILES string of the molecule is Cc1nc([C@@H]2CCCN(C(=O)c3cccnc3)C2)nc2c1CCCN2Cc1ccccn1. The summed E-state index contributed by atoms with van der Waals surface area (Å²) in [5.74, 6) is 2.08. The quantitative estimate of drug-likeness (QED) is 0.633. The molecule has 7 heteroatoms. The van der Waals surface area contributed by atoms with E-state index in [-0.39, 0.29) is 11.8 Å². The van der Waals surface area contributed by atoms with Crippen molar-refractivity contribution in [1.82, 2.24) is 24.8 Å². The van der Waals surface area contributed by atoms with Crippen LogP contribution in [0.25, 0.3) is 0 Å². The highest BCUT2D eigenvalue weighted by Gasteiger charge is 2.30. The Balaban J connectivity index is 1.40. The number of likely N-dealkylation sites (tertiary alicyclic amines) is 1. The van der Waals surface area contributed by atoms with Crippen LogP contribution in [0.4, 0.5) is 5.82 Å². The first-order valence-electron chi connectivity index (χ1n) is 11.4. The second-order valence-electron chi connectivity index (χ2n) is 8.65. The zero-order chi connectivity index (χ0) is 21.9. The average Bonchev–Trinajstić information content (AvgIpc) is 2.85. The van der Waals surface area contributed by atoms with Crippen LogP contribution in [0.3, 0.4) is 0 Å². The molecule has 32 heavy (non-hydrogen) atoms. The molecule has 1 fully saturated rings. The predicted octanol–water partition coefficient (Wildman–Crippen LogP) is 3.55. The van der Waals surface area contributed by atoms with Gasteiger partial charge in [-0.2, -0.15) is 0 Å². The van der Waals surface area contributed by atoms with Gasteiger partial charge in [-0.05, 0) is 56.9 Å². The van der Waals surface area contributed by atoms with Crippen molar-refractivity contribution in [1.29, 1.82) is 0 Å². The minimum Gasteiger partial charge on any atom is -0.350 e. The molecule has 0 spiro atoms. The summed E-state index contributed by atoms with van der Waals surface area (Å²) in [6, 6.07) is 9.67. The highest BCUT2D eigenvalue weighted by molar-refractivity contribution is 5.94. The fourth-order valence-electron chi connectivity index (χ4n) is 4.78. The van der Waals surface area contributed by atoms with Crippen molar-refractivity contribution in [3.8, 4) is 0 Å². The first-order valence-corrected chi connectivity index (χ1v) is 11.4. The molecule has 5 rings (SSSR count). The number of fused-ring (bicyclic) bond motifs is 1. The molecule has 0 aromatic carbocycles. The fourth-order valence-corrected chi connectivity index (χ4v) is 4.78. The molecule has 2 aliphatic heterocycles. The number of amides is 1. The molecule has 1 saturated heterocycles. The molecule has 0 unspecified atom stereocenters. The Bertz CT molecular complexity index is 1090. The van der Waals surface area contributed by atoms with Gasteiger partial charge in [-0.3, -0.25) is 14.8 Å². The molecule has 0 aliphatic carbocycles. The number of rotatable bonds is 4. The van der Waals surface area contributed by atoms with Gasteiger partial charge in [0, 0.05) is 55.4 Å². The van der Waals surface area contributed by atoms with Crippen LogP contribution < -0.4 is 4.90 Å². The first kappa shape index (κ1) is 20.5. The van der Waals surface area contributed by atoms with E-state index in [2.05, 4.69) is 27.9 Å². The van der Waals surface area contributed by atoms with Crippen LogP contribution >= 0.6 is 0 Å². The van der Waals surface area contributed by atoms with Gasteiger partial charge in [-0.25, -0.2) is 9.97 Å². The van der Waals surface area contributed by atoms with Gasteiger partial charge in [0.1, 0.15) is 11.6 Å². The Hall–Kier alpha value is -3.35. The van der Waals surface area contributed by atoms with Gasteiger partial charge >= 0.3 is 0 Å². The van der Waals surface area contributed by atoms with Crippen molar-refractivity contribution in [2.75, 3.05) is 24.5 Å². The largest absolute Gasteiger partial charge is 0.350 e. The molecule has 3 aromatic rings. The van der Waals surface area contributed by atoms with Gasteiger partial charge in [0.25, 0.3) is 5.91 Å². The van der Waals surface area contributed by atoms with Gasteiger partial charge in [-0.15, -0.1) is 0 Å². The summed E-state index contributed by atoms with van der Waals surface area (Å²) < 4.78 is 0. The van der Waals surface area contributed by atoms with Crippen molar-refractivity contribution in [3.05, 3.63) is 77.3 Å². The van der Waals surface area contributed by atoms with E-state index in [1.54, 1.807) is 18.5 Å². The molecule has 0 bridgehead atoms. The highest BCUT2D eigenvalue weighted by atomic mass is 16.2. The lowest BCUT2D eigenvalue weighted by molar-refractivity contribution is 0.0704. The van der Waals surface area contributed by atoms with Crippen LogP contribution in [-0.4, -0.2) is 50.4 Å². The number of carbonyl (C=O) groups is 1. The van der Waals surface area contributed by atoms with E-state index in [9.17, 15) is 4.79 Å². The summed E-state index contributed by atoms with van der Waals surface area (Å²) in [6.45, 7) is 5.22. The van der Waals surface area contributed by atoms with Crippen LogP contribution in [0.15, 0.2) is 48.9 Å². The van der Waals surface area contributed by atoms with Crippen molar-refractivity contribution in [3.63, 3.8) is 0 Å². The maximum absolute atomic E-state index is 13.0. The van der Waals surface area contributed by atoms with Gasteiger partial charge < -0.3 is 9.80 Å². The second-order valence-corrected chi connectivity index (χ2v) is 8.65. The van der Waals surface area contributed by atoms with Gasteiger partial charge in [-0.1, -0.05) is 6.07 Å². The van der Waals surface area contributed by atoms with Crippen molar-refractivity contribution in [2.45, 2.75) is 45.1 Å². The summed E-state index contributed by atoms with van der Waals surface area (Å²) in [4.78, 5) is 35.8. The Labute approximate surface area is 188 Å². The summed E-state index contributed by atoms with van der Waals surface area (Å²) >= 11 is 0. The molecule has 2 aliphatic rings. The zero-order valence-corrected chi connectivity index (χ0v) is 18.4. The van der Waals surface area contributed by atoms with Crippen LogP contribution in [0, 0.1) is 6.92 Å². The van der Waals surface area contributed by atoms with E-state index in [0.29, 0.717) is 12.1 Å². The number of piperidine rings is 1. The number of pyridine rings is 2. The topological polar surface area (TPSA) is 75.1 Å². The normalized spacial score (nSPS) is 18.3. The molecular weight excluding hydrogens is 400 g/mol. The molecule has 1 atom stereocenters. The summed E-state index contributed by atoms with van der Waals surface area (Å²) in [6.07, 6.45) is 9.23. The van der Waals surface area contributed by atoms with Gasteiger partial charge in [0.05, 0.1) is 17.8 Å². The molecule has 5 heterocycles. The fraction of sp³-hybridized carbons (Fsp3) is 0.400. The van der Waals surface area contributed by atoms with E-state index in [1.807, 2.05) is 29.3 Å². The third kappa shape index (κ3) is 4.20. The van der Waals surface area contributed by atoms with Crippen LogP contribution in [-0.2, 0) is 13.0 Å². The van der Waals surface area contributed by atoms with E-state index in [1.165, 1.54) is 5.56 Å². The second kappa shape index (κ2) is 9.02. The minimum absolute atomic E-state index is 0.0364. The average molecular weight is 429 g/mol. The van der Waals surface area contributed by atoms with Crippen molar-refractivity contribution >= 4 is 11.7 Å². The standard InChI is InChI=1S/C25H28N6O/c1-18-22-10-6-13-30(17-21-9-2-3-12-27-21)24(22)29-23(28-18)20-8-5-14-31(16-20)25(32)19-7-4-11-26-15-19/h2-4,7,9,11-12,15,20H,5-6,8,10,13-14,16-17H2,1H3/t20-/m1/s1.